The van der Waals surface area contributed by atoms with Crippen LogP contribution in [-0.4, -0.2) is 41.0 Å². The van der Waals surface area contributed by atoms with Crippen molar-refractivity contribution in [3.05, 3.63) is 42.5 Å². The van der Waals surface area contributed by atoms with Gasteiger partial charge in [-0.3, -0.25) is 4.79 Å². The van der Waals surface area contributed by atoms with Crippen LogP contribution in [0, 0.1) is 5.82 Å². The van der Waals surface area contributed by atoms with Gasteiger partial charge in [0.1, 0.15) is 5.82 Å². The van der Waals surface area contributed by atoms with E-state index in [1.54, 1.807) is 25.4 Å². The van der Waals surface area contributed by atoms with Crippen molar-refractivity contribution in [2.45, 2.75) is 32.2 Å². The van der Waals surface area contributed by atoms with Crippen molar-refractivity contribution >= 4 is 29.3 Å². The van der Waals surface area contributed by atoms with Crippen LogP contribution in [0.1, 0.15) is 26.2 Å². The molecule has 1 aliphatic rings. The minimum Gasteiger partial charge on any atom is -0.339 e. The molecular formula is C19H23FN6O2. The van der Waals surface area contributed by atoms with Crippen LogP contribution >= 0.6 is 0 Å². The minimum absolute atomic E-state index is 0.00506. The zero-order valence-corrected chi connectivity index (χ0v) is 15.6. The van der Waals surface area contributed by atoms with Gasteiger partial charge in [0.05, 0.1) is 5.69 Å². The number of urea groups is 1. The number of piperidine rings is 1. The van der Waals surface area contributed by atoms with Crippen LogP contribution < -0.4 is 20.9 Å². The van der Waals surface area contributed by atoms with E-state index in [1.165, 1.54) is 18.2 Å². The predicted octanol–water partition coefficient (Wildman–Crippen LogP) is 2.75. The van der Waals surface area contributed by atoms with Gasteiger partial charge in [-0.2, -0.15) is 0 Å². The third-order valence-electron chi connectivity index (χ3n) is 4.41. The molecule has 9 heteroatoms. The van der Waals surface area contributed by atoms with E-state index in [1.807, 2.05) is 4.90 Å². The number of halogens is 1. The lowest BCUT2D eigenvalue weighted by Crippen LogP contribution is -2.49. The van der Waals surface area contributed by atoms with Gasteiger partial charge in [-0.25, -0.2) is 19.2 Å². The average molecular weight is 386 g/mol. The zero-order chi connectivity index (χ0) is 19.9. The molecule has 3 amide bonds. The van der Waals surface area contributed by atoms with E-state index in [0.717, 1.165) is 19.4 Å². The second-order valence-corrected chi connectivity index (χ2v) is 6.53. The van der Waals surface area contributed by atoms with Gasteiger partial charge in [0.25, 0.3) is 0 Å². The second kappa shape index (κ2) is 9.12. The van der Waals surface area contributed by atoms with Gasteiger partial charge < -0.3 is 20.9 Å². The molecule has 2 heterocycles. The topological polar surface area (TPSA) is 99.2 Å². The van der Waals surface area contributed by atoms with Gasteiger partial charge >= 0.3 is 6.03 Å². The zero-order valence-electron chi connectivity index (χ0n) is 15.6. The van der Waals surface area contributed by atoms with Crippen molar-refractivity contribution in [3.63, 3.8) is 0 Å². The predicted molar refractivity (Wildman–Crippen MR) is 105 cm³/mol. The summed E-state index contributed by atoms with van der Waals surface area (Å²) in [5.41, 5.74) is 0.430. The molecule has 3 rings (SSSR count). The molecule has 1 atom stereocenters. The number of aromatic nitrogens is 2. The van der Waals surface area contributed by atoms with Crippen molar-refractivity contribution in [3.8, 4) is 0 Å². The molecular weight excluding hydrogens is 363 g/mol. The van der Waals surface area contributed by atoms with Crippen LogP contribution in [0.15, 0.2) is 36.7 Å². The fraction of sp³-hybridized carbons (Fsp3) is 0.368. The quantitative estimate of drug-likeness (QED) is 0.734. The van der Waals surface area contributed by atoms with Crippen molar-refractivity contribution in [2.24, 2.45) is 0 Å². The SMILES string of the molecule is CCC(=O)Nc1ccc(F)c(NC(=O)N[C@@H]2CCCN(c3ncccn3)C2)c1. The molecule has 3 N–H and O–H groups in total. The molecule has 0 radical (unpaired) electrons. The van der Waals surface area contributed by atoms with Gasteiger partial charge in [-0.05, 0) is 37.1 Å². The van der Waals surface area contributed by atoms with Crippen LogP contribution in [0.5, 0.6) is 0 Å². The smallest absolute Gasteiger partial charge is 0.319 e. The monoisotopic (exact) mass is 386 g/mol. The van der Waals surface area contributed by atoms with Gasteiger partial charge in [-0.1, -0.05) is 6.92 Å². The lowest BCUT2D eigenvalue weighted by molar-refractivity contribution is -0.115. The Bertz CT molecular complexity index is 832. The Hall–Kier alpha value is -3.23. The summed E-state index contributed by atoms with van der Waals surface area (Å²) in [7, 11) is 0. The number of benzene rings is 1. The fourth-order valence-electron chi connectivity index (χ4n) is 3.02. The standard InChI is InChI=1S/C19H23FN6O2/c1-2-17(27)23-13-6-7-15(20)16(11-13)25-19(28)24-14-5-3-10-26(12-14)18-21-8-4-9-22-18/h4,6-9,11,14H,2-3,5,10,12H2,1H3,(H,23,27)(H2,24,25,28)/t14-/m1/s1. The number of anilines is 3. The molecule has 0 saturated carbocycles. The summed E-state index contributed by atoms with van der Waals surface area (Å²) in [6.45, 7) is 3.11. The summed E-state index contributed by atoms with van der Waals surface area (Å²) in [6, 6.07) is 5.19. The van der Waals surface area contributed by atoms with Gasteiger partial charge in [0.2, 0.25) is 11.9 Å². The highest BCUT2D eigenvalue weighted by Gasteiger charge is 2.23. The Balaban J connectivity index is 1.59. The summed E-state index contributed by atoms with van der Waals surface area (Å²) < 4.78 is 14.0. The Labute approximate surface area is 162 Å². The van der Waals surface area contributed by atoms with Crippen LogP contribution in [0.4, 0.5) is 26.5 Å². The highest BCUT2D eigenvalue weighted by atomic mass is 19.1. The third kappa shape index (κ3) is 5.15. The van der Waals surface area contributed by atoms with Crippen molar-refractivity contribution < 1.29 is 14.0 Å². The molecule has 1 aliphatic heterocycles. The van der Waals surface area contributed by atoms with E-state index in [0.29, 0.717) is 24.6 Å². The van der Waals surface area contributed by atoms with Gasteiger partial charge in [-0.15, -0.1) is 0 Å². The summed E-state index contributed by atoms with van der Waals surface area (Å²) in [6.07, 6.45) is 5.37. The summed E-state index contributed by atoms with van der Waals surface area (Å²) in [5, 5.41) is 8.02. The van der Waals surface area contributed by atoms with E-state index in [-0.39, 0.29) is 17.6 Å². The molecule has 0 spiro atoms. The number of nitrogens with zero attached hydrogens (tertiary/aromatic N) is 3. The van der Waals surface area contributed by atoms with E-state index >= 15 is 0 Å². The number of rotatable bonds is 5. The minimum atomic E-state index is -0.576. The molecule has 1 aromatic carbocycles. The average Bonchev–Trinajstić information content (AvgIpc) is 2.71. The van der Waals surface area contributed by atoms with Crippen molar-refractivity contribution in [1.82, 2.24) is 15.3 Å². The molecule has 1 saturated heterocycles. The van der Waals surface area contributed by atoms with Gasteiger partial charge in [0.15, 0.2) is 0 Å². The summed E-state index contributed by atoms with van der Waals surface area (Å²) in [4.78, 5) is 34.3. The maximum absolute atomic E-state index is 14.0. The maximum Gasteiger partial charge on any atom is 0.319 e. The van der Waals surface area contributed by atoms with E-state index in [4.69, 9.17) is 0 Å². The number of amides is 3. The maximum atomic E-state index is 14.0. The fourth-order valence-corrected chi connectivity index (χ4v) is 3.02. The van der Waals surface area contributed by atoms with Crippen LogP contribution in [0.25, 0.3) is 0 Å². The molecule has 28 heavy (non-hydrogen) atoms. The highest BCUT2D eigenvalue weighted by molar-refractivity contribution is 5.93. The summed E-state index contributed by atoms with van der Waals surface area (Å²) >= 11 is 0. The first-order chi connectivity index (χ1) is 13.5. The normalized spacial score (nSPS) is 16.4. The van der Waals surface area contributed by atoms with Crippen molar-refractivity contribution in [1.29, 1.82) is 0 Å². The Morgan fingerprint density at radius 2 is 2.04 bits per heavy atom. The Morgan fingerprint density at radius 1 is 1.25 bits per heavy atom. The van der Waals surface area contributed by atoms with Gasteiger partial charge in [0, 0.05) is 43.6 Å². The molecule has 0 unspecified atom stereocenters. The lowest BCUT2D eigenvalue weighted by Gasteiger charge is -2.33. The van der Waals surface area contributed by atoms with Crippen LogP contribution in [-0.2, 0) is 4.79 Å². The lowest BCUT2D eigenvalue weighted by atomic mass is 10.1. The molecule has 0 bridgehead atoms. The van der Waals surface area contributed by atoms with E-state index in [9.17, 15) is 14.0 Å². The van der Waals surface area contributed by atoms with Crippen LogP contribution in [0.3, 0.4) is 0 Å². The first-order valence-electron chi connectivity index (χ1n) is 9.24. The molecule has 1 fully saturated rings. The second-order valence-electron chi connectivity index (χ2n) is 6.53. The number of carbonyl (C=O) groups is 2. The first-order valence-corrected chi connectivity index (χ1v) is 9.24. The largest absolute Gasteiger partial charge is 0.339 e. The highest BCUT2D eigenvalue weighted by Crippen LogP contribution is 2.20. The molecule has 8 nitrogen and oxygen atoms in total. The van der Waals surface area contributed by atoms with Crippen molar-refractivity contribution in [2.75, 3.05) is 28.6 Å². The van der Waals surface area contributed by atoms with E-state index in [2.05, 4.69) is 25.9 Å². The van der Waals surface area contributed by atoms with Crippen LogP contribution in [0.2, 0.25) is 0 Å². The number of nitrogens with one attached hydrogen (secondary N) is 3. The molecule has 1 aromatic heterocycles. The molecule has 2 aromatic rings. The Morgan fingerprint density at radius 3 is 2.79 bits per heavy atom. The molecule has 0 aliphatic carbocycles. The molecule has 148 valence electrons. The number of hydrogen-bond acceptors (Lipinski definition) is 5. The number of carbonyl (C=O) groups excluding carboxylic acids is 2. The Kier molecular flexibility index (Phi) is 6.36. The van der Waals surface area contributed by atoms with E-state index < -0.39 is 11.8 Å². The summed E-state index contributed by atoms with van der Waals surface area (Å²) in [5.74, 6) is -0.139. The first kappa shape index (κ1) is 19.5. The number of hydrogen-bond donors (Lipinski definition) is 3. The third-order valence-corrected chi connectivity index (χ3v) is 4.41.